The zero-order valence-corrected chi connectivity index (χ0v) is 14.6. The van der Waals surface area contributed by atoms with E-state index in [4.69, 9.17) is 0 Å². The van der Waals surface area contributed by atoms with Crippen LogP contribution in [0.1, 0.15) is 21.7 Å². The van der Waals surface area contributed by atoms with Gasteiger partial charge in [0.15, 0.2) is 5.65 Å². The molecule has 1 atom stereocenters. The number of fused-ring (bicyclic) bond motifs is 1. The number of carbonyl (C=O) groups excluding carboxylic acids is 1. The third-order valence-electron chi connectivity index (χ3n) is 4.50. The summed E-state index contributed by atoms with van der Waals surface area (Å²) in [6.45, 7) is 4.53. The molecule has 1 saturated heterocycles. The van der Waals surface area contributed by atoms with Gasteiger partial charge in [0.1, 0.15) is 6.04 Å². The zero-order chi connectivity index (χ0) is 18.9. The third kappa shape index (κ3) is 3.80. The first-order chi connectivity index (χ1) is 12.3. The maximum absolute atomic E-state index is 13.5. The molecular weight excluding hydrogens is 349 g/mol. The van der Waals surface area contributed by atoms with Crippen LogP contribution in [0.15, 0.2) is 6.07 Å². The maximum Gasteiger partial charge on any atom is 0.405 e. The Balaban J connectivity index is 1.79. The van der Waals surface area contributed by atoms with Crippen LogP contribution in [0.5, 0.6) is 0 Å². The number of amides is 1. The van der Waals surface area contributed by atoms with Crippen molar-refractivity contribution in [1.29, 1.82) is 0 Å². The van der Waals surface area contributed by atoms with Crippen molar-refractivity contribution in [2.45, 2.75) is 26.1 Å². The Morgan fingerprint density at radius 2 is 2.04 bits per heavy atom. The van der Waals surface area contributed by atoms with Gasteiger partial charge < -0.3 is 10.6 Å². The van der Waals surface area contributed by atoms with Crippen LogP contribution in [0.2, 0.25) is 0 Å². The first kappa shape index (κ1) is 18.6. The van der Waals surface area contributed by atoms with Gasteiger partial charge in [-0.05, 0) is 19.9 Å². The summed E-state index contributed by atoms with van der Waals surface area (Å²) in [6, 6.07) is -0.148. The lowest BCUT2D eigenvalue weighted by Gasteiger charge is -2.35. The lowest BCUT2D eigenvalue weighted by atomic mass is 10.1. The first-order valence-electron chi connectivity index (χ1n) is 8.39. The number of rotatable bonds is 4. The minimum Gasteiger partial charge on any atom is -0.350 e. The van der Waals surface area contributed by atoms with E-state index in [9.17, 15) is 18.0 Å². The van der Waals surface area contributed by atoms with Crippen molar-refractivity contribution in [1.82, 2.24) is 30.7 Å². The fourth-order valence-electron chi connectivity index (χ4n) is 3.21. The second-order valence-electron chi connectivity index (χ2n) is 6.41. The molecule has 1 fully saturated rings. The monoisotopic (exact) mass is 370 g/mol. The zero-order valence-electron chi connectivity index (χ0n) is 14.6. The average molecular weight is 370 g/mol. The Hall–Kier alpha value is -2.20. The molecule has 3 heterocycles. The number of alkyl halides is 3. The standard InChI is InChI=1S/C16H21F3N6O/c1-9-7-11(13-10(2)23-24-14(13)22-9)15(26)21-8-12(16(17,18)19)25-5-3-20-4-6-25/h7,12,20H,3-6,8H2,1-2H3,(H,21,26)(H,22,23,24). The van der Waals surface area contributed by atoms with Crippen molar-refractivity contribution in [3.63, 3.8) is 0 Å². The Morgan fingerprint density at radius 3 is 2.69 bits per heavy atom. The Morgan fingerprint density at radius 1 is 1.35 bits per heavy atom. The highest BCUT2D eigenvalue weighted by Gasteiger charge is 2.43. The highest BCUT2D eigenvalue weighted by Crippen LogP contribution is 2.25. The van der Waals surface area contributed by atoms with E-state index >= 15 is 0 Å². The minimum absolute atomic E-state index is 0.278. The molecule has 0 aliphatic carbocycles. The van der Waals surface area contributed by atoms with Crippen molar-refractivity contribution in [2.24, 2.45) is 0 Å². The Bertz CT molecular complexity index is 797. The molecule has 7 nitrogen and oxygen atoms in total. The molecule has 26 heavy (non-hydrogen) atoms. The van der Waals surface area contributed by atoms with Gasteiger partial charge in [0.2, 0.25) is 0 Å². The van der Waals surface area contributed by atoms with Gasteiger partial charge in [-0.15, -0.1) is 0 Å². The molecule has 1 unspecified atom stereocenters. The quantitative estimate of drug-likeness (QED) is 0.752. The first-order valence-corrected chi connectivity index (χ1v) is 8.39. The van der Waals surface area contributed by atoms with Crippen molar-refractivity contribution in [3.8, 4) is 0 Å². The van der Waals surface area contributed by atoms with E-state index in [1.165, 1.54) is 4.90 Å². The third-order valence-corrected chi connectivity index (χ3v) is 4.50. The van der Waals surface area contributed by atoms with Crippen molar-refractivity contribution in [2.75, 3.05) is 32.7 Å². The molecule has 10 heteroatoms. The number of aromatic nitrogens is 3. The summed E-state index contributed by atoms with van der Waals surface area (Å²) >= 11 is 0. The van der Waals surface area contributed by atoms with Crippen LogP contribution in [-0.2, 0) is 0 Å². The molecule has 1 amide bonds. The van der Waals surface area contributed by atoms with Crippen molar-refractivity contribution in [3.05, 3.63) is 23.0 Å². The second-order valence-corrected chi connectivity index (χ2v) is 6.41. The van der Waals surface area contributed by atoms with Crippen LogP contribution in [-0.4, -0.2) is 70.9 Å². The van der Waals surface area contributed by atoms with Crippen LogP contribution in [0.4, 0.5) is 13.2 Å². The summed E-state index contributed by atoms with van der Waals surface area (Å²) in [6.07, 6.45) is -4.42. The number of halogens is 3. The number of pyridine rings is 1. The molecule has 2 aromatic rings. The smallest absolute Gasteiger partial charge is 0.350 e. The number of aromatic amines is 1. The molecule has 0 spiro atoms. The Kier molecular flexibility index (Phi) is 5.15. The van der Waals surface area contributed by atoms with E-state index < -0.39 is 24.7 Å². The fourth-order valence-corrected chi connectivity index (χ4v) is 3.21. The lowest BCUT2D eigenvalue weighted by Crippen LogP contribution is -2.57. The fraction of sp³-hybridized carbons (Fsp3) is 0.562. The minimum atomic E-state index is -4.42. The molecule has 3 N–H and O–H groups in total. The molecule has 0 saturated carbocycles. The molecule has 3 rings (SSSR count). The number of hydrogen-bond acceptors (Lipinski definition) is 5. The number of carbonyl (C=O) groups is 1. The number of H-pyrrole nitrogens is 1. The van der Waals surface area contributed by atoms with Crippen LogP contribution in [0.25, 0.3) is 11.0 Å². The topological polar surface area (TPSA) is 85.9 Å². The van der Waals surface area contributed by atoms with Gasteiger partial charge in [-0.1, -0.05) is 0 Å². The number of nitrogens with zero attached hydrogens (tertiary/aromatic N) is 3. The largest absolute Gasteiger partial charge is 0.405 e. The van der Waals surface area contributed by atoms with Gasteiger partial charge >= 0.3 is 6.18 Å². The van der Waals surface area contributed by atoms with E-state index in [0.717, 1.165) is 0 Å². The molecule has 1 aliphatic rings. The summed E-state index contributed by atoms with van der Waals surface area (Å²) < 4.78 is 40.4. The molecule has 142 valence electrons. The molecule has 1 aliphatic heterocycles. The molecule has 2 aromatic heterocycles. The van der Waals surface area contributed by atoms with Crippen LogP contribution in [0, 0.1) is 13.8 Å². The average Bonchev–Trinajstić information content (AvgIpc) is 2.94. The predicted octanol–water partition coefficient (Wildman–Crippen LogP) is 1.14. The molecule has 0 bridgehead atoms. The summed E-state index contributed by atoms with van der Waals surface area (Å²) in [5.41, 5.74) is 1.87. The second kappa shape index (κ2) is 7.20. The summed E-state index contributed by atoms with van der Waals surface area (Å²) in [7, 11) is 0. The Labute approximate surface area is 148 Å². The molecular formula is C16H21F3N6O. The lowest BCUT2D eigenvalue weighted by molar-refractivity contribution is -0.183. The van der Waals surface area contributed by atoms with E-state index in [1.807, 2.05) is 0 Å². The van der Waals surface area contributed by atoms with Gasteiger partial charge in [-0.2, -0.15) is 18.3 Å². The molecule has 0 radical (unpaired) electrons. The summed E-state index contributed by atoms with van der Waals surface area (Å²) in [5.74, 6) is -0.561. The van der Waals surface area contributed by atoms with Crippen molar-refractivity contribution < 1.29 is 18.0 Å². The number of nitrogens with one attached hydrogen (secondary N) is 3. The summed E-state index contributed by atoms with van der Waals surface area (Å²) in [4.78, 5) is 18.2. The van der Waals surface area contributed by atoms with Crippen LogP contribution in [0.3, 0.4) is 0 Å². The molecule has 0 aromatic carbocycles. The van der Waals surface area contributed by atoms with E-state index in [0.29, 0.717) is 48.6 Å². The van der Waals surface area contributed by atoms with Gasteiger partial charge in [0.25, 0.3) is 5.91 Å². The van der Waals surface area contributed by atoms with Gasteiger partial charge in [0.05, 0.1) is 10.9 Å². The maximum atomic E-state index is 13.5. The number of hydrogen-bond donors (Lipinski definition) is 3. The van der Waals surface area contributed by atoms with Gasteiger partial charge in [0, 0.05) is 44.1 Å². The van der Waals surface area contributed by atoms with E-state index in [-0.39, 0.29) is 5.56 Å². The van der Waals surface area contributed by atoms with E-state index in [1.54, 1.807) is 19.9 Å². The van der Waals surface area contributed by atoms with Gasteiger partial charge in [-0.3, -0.25) is 14.8 Å². The summed E-state index contributed by atoms with van der Waals surface area (Å²) in [5, 5.41) is 12.8. The van der Waals surface area contributed by atoms with E-state index in [2.05, 4.69) is 25.8 Å². The number of aryl methyl sites for hydroxylation is 2. The van der Waals surface area contributed by atoms with Crippen LogP contribution < -0.4 is 10.6 Å². The highest BCUT2D eigenvalue weighted by atomic mass is 19.4. The SMILES string of the molecule is Cc1cc(C(=O)NCC(N2CCNCC2)C(F)(F)F)c2c(C)[nH]nc2n1. The highest BCUT2D eigenvalue weighted by molar-refractivity contribution is 6.06. The van der Waals surface area contributed by atoms with Crippen LogP contribution >= 0.6 is 0 Å². The predicted molar refractivity (Wildman–Crippen MR) is 90.0 cm³/mol. The number of piperazine rings is 1. The van der Waals surface area contributed by atoms with Gasteiger partial charge in [-0.25, -0.2) is 4.98 Å². The van der Waals surface area contributed by atoms with Crippen molar-refractivity contribution >= 4 is 16.9 Å². The normalized spacial score (nSPS) is 17.4.